The second-order valence-corrected chi connectivity index (χ2v) is 6.02. The van der Waals surface area contributed by atoms with Gasteiger partial charge in [0, 0.05) is 23.9 Å². The Kier molecular flexibility index (Phi) is 3.05. The van der Waals surface area contributed by atoms with E-state index in [9.17, 15) is 0 Å². The molecule has 2 aromatic heterocycles. The first-order valence-corrected chi connectivity index (χ1v) is 6.92. The lowest BCUT2D eigenvalue weighted by Gasteiger charge is -2.24. The molecule has 3 aromatic rings. The molecule has 0 aliphatic carbocycles. The summed E-state index contributed by atoms with van der Waals surface area (Å²) in [5.41, 5.74) is 3.29. The highest BCUT2D eigenvalue weighted by atomic mass is 15.1. The van der Waals surface area contributed by atoms with Crippen LogP contribution in [0.5, 0.6) is 0 Å². The van der Waals surface area contributed by atoms with Crippen molar-refractivity contribution in [2.24, 2.45) is 0 Å². The molecule has 3 nitrogen and oxygen atoms in total. The van der Waals surface area contributed by atoms with E-state index in [4.69, 9.17) is 4.98 Å². The van der Waals surface area contributed by atoms with E-state index in [0.29, 0.717) is 0 Å². The molecule has 0 amide bonds. The SMILES string of the molecule is CC(C)(C)n1c(Cc2ccccn2)nc2ccccc21. The lowest BCUT2D eigenvalue weighted by atomic mass is 10.1. The molecule has 0 atom stereocenters. The largest absolute Gasteiger partial charge is 0.322 e. The molecule has 0 saturated carbocycles. The van der Waals surface area contributed by atoms with Crippen molar-refractivity contribution in [3.05, 3.63) is 60.2 Å². The summed E-state index contributed by atoms with van der Waals surface area (Å²) in [6, 6.07) is 14.3. The summed E-state index contributed by atoms with van der Waals surface area (Å²) in [6.07, 6.45) is 2.59. The zero-order valence-corrected chi connectivity index (χ0v) is 12.2. The van der Waals surface area contributed by atoms with E-state index >= 15 is 0 Å². The van der Waals surface area contributed by atoms with Crippen molar-refractivity contribution in [1.29, 1.82) is 0 Å². The molecule has 20 heavy (non-hydrogen) atoms. The van der Waals surface area contributed by atoms with Gasteiger partial charge in [0.05, 0.1) is 11.0 Å². The summed E-state index contributed by atoms with van der Waals surface area (Å²) in [7, 11) is 0. The Morgan fingerprint density at radius 3 is 2.45 bits per heavy atom. The Morgan fingerprint density at radius 2 is 1.75 bits per heavy atom. The Bertz CT molecular complexity index is 721. The molecular weight excluding hydrogens is 246 g/mol. The van der Waals surface area contributed by atoms with Crippen LogP contribution in [0, 0.1) is 0 Å². The van der Waals surface area contributed by atoms with E-state index in [1.54, 1.807) is 0 Å². The zero-order valence-electron chi connectivity index (χ0n) is 12.2. The average Bonchev–Trinajstić information content (AvgIpc) is 2.77. The van der Waals surface area contributed by atoms with E-state index in [1.165, 1.54) is 5.52 Å². The Labute approximate surface area is 119 Å². The molecule has 1 aromatic carbocycles. The van der Waals surface area contributed by atoms with Gasteiger partial charge < -0.3 is 4.57 Å². The lowest BCUT2D eigenvalue weighted by Crippen LogP contribution is -2.24. The highest BCUT2D eigenvalue weighted by molar-refractivity contribution is 5.76. The number of pyridine rings is 1. The number of nitrogens with zero attached hydrogens (tertiary/aromatic N) is 3. The molecule has 0 spiro atoms. The van der Waals surface area contributed by atoms with Crippen LogP contribution in [0.2, 0.25) is 0 Å². The number of para-hydroxylation sites is 2. The minimum absolute atomic E-state index is 0.000215. The number of hydrogen-bond acceptors (Lipinski definition) is 2. The minimum atomic E-state index is 0.000215. The summed E-state index contributed by atoms with van der Waals surface area (Å²) < 4.78 is 2.32. The molecule has 0 fully saturated rings. The highest BCUT2D eigenvalue weighted by Crippen LogP contribution is 2.26. The first-order valence-electron chi connectivity index (χ1n) is 6.92. The van der Waals surface area contributed by atoms with Gasteiger partial charge in [-0.25, -0.2) is 4.98 Å². The van der Waals surface area contributed by atoms with E-state index < -0.39 is 0 Å². The summed E-state index contributed by atoms with van der Waals surface area (Å²) in [4.78, 5) is 9.21. The van der Waals surface area contributed by atoms with Crippen LogP contribution in [0.1, 0.15) is 32.3 Å². The molecule has 0 bridgehead atoms. The molecule has 3 rings (SSSR count). The Balaban J connectivity index is 2.15. The Morgan fingerprint density at radius 1 is 1.00 bits per heavy atom. The quantitative estimate of drug-likeness (QED) is 0.706. The van der Waals surface area contributed by atoms with Crippen LogP contribution in [-0.2, 0) is 12.0 Å². The van der Waals surface area contributed by atoms with Crippen LogP contribution < -0.4 is 0 Å². The molecular formula is C17H19N3. The van der Waals surface area contributed by atoms with Crippen LogP contribution in [0.15, 0.2) is 48.7 Å². The molecule has 0 aliphatic heterocycles. The van der Waals surface area contributed by atoms with Crippen LogP contribution in [0.25, 0.3) is 11.0 Å². The number of benzene rings is 1. The third-order valence-corrected chi connectivity index (χ3v) is 3.37. The van der Waals surface area contributed by atoms with Crippen molar-refractivity contribution < 1.29 is 0 Å². The molecule has 0 unspecified atom stereocenters. The summed E-state index contributed by atoms with van der Waals surface area (Å²) in [5, 5.41) is 0. The van der Waals surface area contributed by atoms with Crippen molar-refractivity contribution >= 4 is 11.0 Å². The van der Waals surface area contributed by atoms with Crippen LogP contribution in [0.4, 0.5) is 0 Å². The molecule has 2 heterocycles. The molecule has 0 saturated heterocycles. The first-order chi connectivity index (χ1) is 9.55. The monoisotopic (exact) mass is 265 g/mol. The van der Waals surface area contributed by atoms with Crippen molar-refractivity contribution in [3.63, 3.8) is 0 Å². The van der Waals surface area contributed by atoms with E-state index in [-0.39, 0.29) is 5.54 Å². The maximum atomic E-state index is 4.80. The second kappa shape index (κ2) is 4.75. The number of aromatic nitrogens is 3. The maximum absolute atomic E-state index is 4.80. The molecule has 0 N–H and O–H groups in total. The van der Waals surface area contributed by atoms with Crippen LogP contribution in [0.3, 0.4) is 0 Å². The standard InChI is InChI=1S/C17H19N3/c1-17(2,3)20-15-10-5-4-9-14(15)19-16(20)12-13-8-6-7-11-18-13/h4-11H,12H2,1-3H3. The fourth-order valence-electron chi connectivity index (χ4n) is 2.61. The van der Waals surface area contributed by atoms with Gasteiger partial charge in [-0.2, -0.15) is 0 Å². The van der Waals surface area contributed by atoms with Gasteiger partial charge in [-0.1, -0.05) is 18.2 Å². The fraction of sp³-hybridized carbons (Fsp3) is 0.294. The van der Waals surface area contributed by atoms with Gasteiger partial charge in [-0.05, 0) is 45.0 Å². The number of fused-ring (bicyclic) bond motifs is 1. The van der Waals surface area contributed by atoms with Gasteiger partial charge in [0.1, 0.15) is 5.82 Å². The van der Waals surface area contributed by atoms with Gasteiger partial charge in [0.2, 0.25) is 0 Å². The molecule has 0 aliphatic rings. The van der Waals surface area contributed by atoms with Crippen molar-refractivity contribution in [1.82, 2.24) is 14.5 Å². The summed E-state index contributed by atoms with van der Waals surface area (Å²) in [6.45, 7) is 6.63. The van der Waals surface area contributed by atoms with Crippen LogP contribution >= 0.6 is 0 Å². The lowest BCUT2D eigenvalue weighted by molar-refractivity contribution is 0.396. The van der Waals surface area contributed by atoms with Crippen molar-refractivity contribution in [2.75, 3.05) is 0 Å². The van der Waals surface area contributed by atoms with Gasteiger partial charge >= 0.3 is 0 Å². The van der Waals surface area contributed by atoms with Crippen molar-refractivity contribution in [2.45, 2.75) is 32.7 Å². The van der Waals surface area contributed by atoms with Gasteiger partial charge in [0.25, 0.3) is 0 Å². The smallest absolute Gasteiger partial charge is 0.116 e. The van der Waals surface area contributed by atoms with E-state index in [2.05, 4.69) is 48.5 Å². The number of hydrogen-bond donors (Lipinski definition) is 0. The predicted molar refractivity (Wildman–Crippen MR) is 81.8 cm³/mol. The first kappa shape index (κ1) is 12.9. The zero-order chi connectivity index (χ0) is 14.2. The Hall–Kier alpha value is -2.16. The second-order valence-electron chi connectivity index (χ2n) is 6.02. The topological polar surface area (TPSA) is 30.7 Å². The summed E-state index contributed by atoms with van der Waals surface area (Å²) >= 11 is 0. The van der Waals surface area contributed by atoms with E-state index in [0.717, 1.165) is 23.5 Å². The predicted octanol–water partition coefficient (Wildman–Crippen LogP) is 3.78. The third-order valence-electron chi connectivity index (χ3n) is 3.37. The van der Waals surface area contributed by atoms with Crippen LogP contribution in [-0.4, -0.2) is 14.5 Å². The molecule has 102 valence electrons. The summed E-state index contributed by atoms with van der Waals surface area (Å²) in [5.74, 6) is 1.07. The van der Waals surface area contributed by atoms with Gasteiger partial charge in [-0.3, -0.25) is 4.98 Å². The average molecular weight is 265 g/mol. The van der Waals surface area contributed by atoms with Gasteiger partial charge in [-0.15, -0.1) is 0 Å². The number of rotatable bonds is 2. The van der Waals surface area contributed by atoms with Crippen molar-refractivity contribution in [3.8, 4) is 0 Å². The maximum Gasteiger partial charge on any atom is 0.116 e. The fourth-order valence-corrected chi connectivity index (χ4v) is 2.61. The van der Waals surface area contributed by atoms with Gasteiger partial charge in [0.15, 0.2) is 0 Å². The molecule has 3 heteroatoms. The van der Waals surface area contributed by atoms with E-state index in [1.807, 2.05) is 30.5 Å². The third kappa shape index (κ3) is 2.31. The molecule has 0 radical (unpaired) electrons. The minimum Gasteiger partial charge on any atom is -0.322 e. The highest BCUT2D eigenvalue weighted by Gasteiger charge is 2.21. The normalized spacial score (nSPS) is 11.9. The number of imidazole rings is 1.